The third kappa shape index (κ3) is 3.45. The lowest BCUT2D eigenvalue weighted by atomic mass is 10.1. The fraction of sp³-hybridized carbons (Fsp3) is 0.538. The molecule has 0 aliphatic rings. The van der Waals surface area contributed by atoms with Gasteiger partial charge in [0.2, 0.25) is 0 Å². The topological polar surface area (TPSA) is 0 Å². The maximum atomic E-state index is 2.32. The number of nitrogens with zero attached hydrogens (tertiary/aromatic N) is 1. The molecule has 1 rings (SSSR count). The summed E-state index contributed by atoms with van der Waals surface area (Å²) in [6, 6.07) is 11.4. The van der Waals surface area contributed by atoms with E-state index in [2.05, 4.69) is 58.2 Å². The van der Waals surface area contributed by atoms with Gasteiger partial charge in [0.15, 0.2) is 0 Å². The molecule has 15 heavy (non-hydrogen) atoms. The first kappa shape index (κ1) is 14.9. The highest BCUT2D eigenvalue weighted by atomic mass is 127. The minimum Gasteiger partial charge on any atom is -1.00 e. The summed E-state index contributed by atoms with van der Waals surface area (Å²) in [5.74, 6) is 0. The molecule has 0 spiro atoms. The summed E-state index contributed by atoms with van der Waals surface area (Å²) < 4.78 is 1.04. The summed E-state index contributed by atoms with van der Waals surface area (Å²) in [6.07, 6.45) is 1.23. The lowest BCUT2D eigenvalue weighted by Gasteiger charge is -2.37. The van der Waals surface area contributed by atoms with Crippen LogP contribution in [0.4, 0.5) is 5.69 Å². The van der Waals surface area contributed by atoms with Crippen molar-refractivity contribution in [3.63, 3.8) is 0 Å². The number of rotatable bonds is 4. The van der Waals surface area contributed by atoms with Gasteiger partial charge in [0, 0.05) is 0 Å². The minimum atomic E-state index is 0. The second-order valence-corrected chi connectivity index (χ2v) is 4.42. The number of hydrogen-bond acceptors (Lipinski definition) is 0. The fourth-order valence-corrected chi connectivity index (χ4v) is 1.92. The fourth-order valence-electron chi connectivity index (χ4n) is 1.92. The molecule has 0 aromatic heterocycles. The van der Waals surface area contributed by atoms with Crippen molar-refractivity contribution in [3.8, 4) is 0 Å². The van der Waals surface area contributed by atoms with E-state index in [0.717, 1.165) is 4.48 Å². The van der Waals surface area contributed by atoms with Crippen molar-refractivity contribution >= 4 is 5.69 Å². The summed E-state index contributed by atoms with van der Waals surface area (Å²) in [7, 11) is 2.32. The van der Waals surface area contributed by atoms with Gasteiger partial charge >= 0.3 is 0 Å². The van der Waals surface area contributed by atoms with Gasteiger partial charge in [0.05, 0.1) is 19.6 Å². The molecule has 0 heterocycles. The van der Waals surface area contributed by atoms with E-state index in [0.29, 0.717) is 6.04 Å². The van der Waals surface area contributed by atoms with Gasteiger partial charge in [-0.25, -0.2) is 0 Å². The molecule has 0 amide bonds. The van der Waals surface area contributed by atoms with Gasteiger partial charge in [0.1, 0.15) is 5.69 Å². The monoisotopic (exact) mass is 319 g/mol. The molecular weight excluding hydrogens is 297 g/mol. The lowest BCUT2D eigenvalue weighted by Crippen LogP contribution is -3.00. The van der Waals surface area contributed by atoms with Crippen molar-refractivity contribution in [1.29, 1.82) is 0 Å². The predicted molar refractivity (Wildman–Crippen MR) is 64.5 cm³/mol. The Bertz CT molecular complexity index is 271. The van der Waals surface area contributed by atoms with Gasteiger partial charge in [-0.3, -0.25) is 4.48 Å². The summed E-state index contributed by atoms with van der Waals surface area (Å²) in [5, 5.41) is 0. The molecule has 0 N–H and O–H groups in total. The van der Waals surface area contributed by atoms with Crippen molar-refractivity contribution in [2.75, 3.05) is 13.6 Å². The normalized spacial score (nSPS) is 14.5. The second kappa shape index (κ2) is 6.48. The quantitative estimate of drug-likeness (QED) is 0.558. The second-order valence-electron chi connectivity index (χ2n) is 4.42. The van der Waals surface area contributed by atoms with Crippen molar-refractivity contribution in [1.82, 2.24) is 4.48 Å². The first-order valence-corrected chi connectivity index (χ1v) is 5.52. The van der Waals surface area contributed by atoms with Crippen LogP contribution < -0.4 is 28.5 Å². The Morgan fingerprint density at radius 1 is 1.13 bits per heavy atom. The number of quaternary nitrogens is 1. The molecular formula is C13H22IN. The van der Waals surface area contributed by atoms with Crippen LogP contribution in [0.1, 0.15) is 27.2 Å². The van der Waals surface area contributed by atoms with Crippen molar-refractivity contribution in [2.45, 2.75) is 33.2 Å². The van der Waals surface area contributed by atoms with Crippen molar-refractivity contribution in [3.05, 3.63) is 30.3 Å². The molecule has 0 fully saturated rings. The maximum absolute atomic E-state index is 2.32. The molecule has 0 saturated heterocycles. The van der Waals surface area contributed by atoms with Crippen LogP contribution in [0.3, 0.4) is 0 Å². The van der Waals surface area contributed by atoms with Crippen LogP contribution in [0, 0.1) is 0 Å². The Kier molecular flexibility index (Phi) is 6.44. The van der Waals surface area contributed by atoms with Crippen LogP contribution >= 0.6 is 0 Å². The van der Waals surface area contributed by atoms with Crippen LogP contribution in [-0.4, -0.2) is 19.6 Å². The molecule has 1 atom stereocenters. The van der Waals surface area contributed by atoms with Crippen LogP contribution in [0.2, 0.25) is 0 Å². The van der Waals surface area contributed by atoms with Gasteiger partial charge in [0.25, 0.3) is 0 Å². The molecule has 0 bridgehead atoms. The van der Waals surface area contributed by atoms with Gasteiger partial charge in [-0.2, -0.15) is 0 Å². The van der Waals surface area contributed by atoms with Crippen LogP contribution in [-0.2, 0) is 0 Å². The van der Waals surface area contributed by atoms with E-state index in [-0.39, 0.29) is 24.0 Å². The predicted octanol–water partition coefficient (Wildman–Crippen LogP) is 0.446. The molecule has 0 aliphatic heterocycles. The first-order chi connectivity index (χ1) is 6.61. The van der Waals surface area contributed by atoms with Crippen LogP contribution in [0.15, 0.2) is 30.3 Å². The molecule has 1 aromatic carbocycles. The Morgan fingerprint density at radius 2 is 1.67 bits per heavy atom. The molecule has 0 unspecified atom stereocenters. The standard InChI is InChI=1S/C13H22N.HI/c1-5-11-14(4,12(2)3)13-9-7-6-8-10-13;/h6-10,12H,5,11H2,1-4H3;1H/q+1;/p-1/t14-;/m0./s1. The summed E-state index contributed by atoms with van der Waals surface area (Å²) in [4.78, 5) is 0. The largest absolute Gasteiger partial charge is 1.00 e. The van der Waals surface area contributed by atoms with Crippen LogP contribution in [0.5, 0.6) is 0 Å². The molecule has 1 nitrogen and oxygen atoms in total. The van der Waals surface area contributed by atoms with E-state index < -0.39 is 0 Å². The first-order valence-electron chi connectivity index (χ1n) is 5.52. The van der Waals surface area contributed by atoms with Crippen molar-refractivity contribution in [2.24, 2.45) is 0 Å². The zero-order valence-electron chi connectivity index (χ0n) is 10.2. The van der Waals surface area contributed by atoms with Crippen molar-refractivity contribution < 1.29 is 24.0 Å². The summed E-state index contributed by atoms with van der Waals surface area (Å²) >= 11 is 0. The Labute approximate surface area is 111 Å². The highest BCUT2D eigenvalue weighted by Crippen LogP contribution is 2.24. The average molecular weight is 319 g/mol. The minimum absolute atomic E-state index is 0. The smallest absolute Gasteiger partial charge is 0.132 e. The highest BCUT2D eigenvalue weighted by molar-refractivity contribution is 5.42. The number of benzene rings is 1. The summed E-state index contributed by atoms with van der Waals surface area (Å²) in [6.45, 7) is 8.05. The highest BCUT2D eigenvalue weighted by Gasteiger charge is 2.27. The third-order valence-electron chi connectivity index (χ3n) is 3.17. The lowest BCUT2D eigenvalue weighted by molar-refractivity contribution is -0.00000316. The average Bonchev–Trinajstić information content (AvgIpc) is 2.19. The van der Waals surface area contributed by atoms with E-state index in [1.165, 1.54) is 18.7 Å². The van der Waals surface area contributed by atoms with E-state index >= 15 is 0 Å². The molecule has 0 aliphatic carbocycles. The Morgan fingerprint density at radius 3 is 2.07 bits per heavy atom. The van der Waals surface area contributed by atoms with E-state index in [9.17, 15) is 0 Å². The van der Waals surface area contributed by atoms with Gasteiger partial charge in [-0.05, 0) is 32.4 Å². The van der Waals surface area contributed by atoms with Crippen LogP contribution in [0.25, 0.3) is 0 Å². The Balaban J connectivity index is 0.00000196. The van der Waals surface area contributed by atoms with Gasteiger partial charge in [-0.15, -0.1) is 0 Å². The zero-order chi connectivity index (χ0) is 10.6. The summed E-state index contributed by atoms with van der Waals surface area (Å²) in [5.41, 5.74) is 1.42. The zero-order valence-corrected chi connectivity index (χ0v) is 12.4. The number of para-hydroxylation sites is 1. The molecule has 0 saturated carbocycles. The Hall–Kier alpha value is -0.0900. The van der Waals surface area contributed by atoms with Gasteiger partial charge in [-0.1, -0.05) is 25.1 Å². The molecule has 86 valence electrons. The number of halogens is 1. The number of hydrogen-bond donors (Lipinski definition) is 0. The molecule has 0 radical (unpaired) electrons. The molecule has 2 heteroatoms. The SMILES string of the molecule is CCC[N@+](C)(c1ccccc1)C(C)C.[I-]. The van der Waals surface area contributed by atoms with E-state index in [1.807, 2.05) is 0 Å². The van der Waals surface area contributed by atoms with Gasteiger partial charge < -0.3 is 24.0 Å². The maximum Gasteiger partial charge on any atom is 0.132 e. The van der Waals surface area contributed by atoms with E-state index in [4.69, 9.17) is 0 Å². The van der Waals surface area contributed by atoms with E-state index in [1.54, 1.807) is 0 Å². The third-order valence-corrected chi connectivity index (χ3v) is 3.17. The molecule has 1 aromatic rings.